The van der Waals surface area contributed by atoms with Crippen LogP contribution in [-0.4, -0.2) is 198 Å². The first-order valence-electron chi connectivity index (χ1n) is 33.6. The minimum atomic E-state index is -1.73. The van der Waals surface area contributed by atoms with Crippen LogP contribution in [-0.2, 0) is 76.7 Å². The van der Waals surface area contributed by atoms with Gasteiger partial charge in [-0.15, -0.1) is 0 Å². The van der Waals surface area contributed by atoms with Gasteiger partial charge in [-0.1, -0.05) is 138 Å². The molecule has 2 saturated heterocycles. The summed E-state index contributed by atoms with van der Waals surface area (Å²) in [5.41, 5.74) is 0.739. The third-order valence-corrected chi connectivity index (χ3v) is 18.3. The quantitative estimate of drug-likeness (QED) is 0.0671. The van der Waals surface area contributed by atoms with Crippen LogP contribution in [0.2, 0.25) is 0 Å². The second kappa shape index (κ2) is 34.1. The lowest BCUT2D eigenvalue weighted by Crippen LogP contribution is -2.61. The number of fused-ring (bicyclic) bond motifs is 23. The smallest absolute Gasteiger partial charge is 0.326 e. The van der Waals surface area contributed by atoms with Crippen LogP contribution in [0.1, 0.15) is 90.8 Å². The van der Waals surface area contributed by atoms with E-state index in [1.807, 2.05) is 72.8 Å². The van der Waals surface area contributed by atoms with Crippen LogP contribution in [0, 0.1) is 11.3 Å². The number of hydrogen-bond acceptors (Lipinski definition) is 15. The normalized spacial score (nSPS) is 23.4. The molecule has 0 radical (unpaired) electrons. The molecule has 5 aromatic rings. The third-order valence-electron chi connectivity index (χ3n) is 18.3. The summed E-state index contributed by atoms with van der Waals surface area (Å²) in [6.07, 6.45) is 0.874. The SMILES string of the molecule is CN[C@@H](C)C(=O)N[C@H](C(=O)N1CC2CC1C(=O)N[C@@H](Cc1ccc3ccccc3c1)C(=O)N[C@H](C(=O)O)CCC(=O)NC1CC(C(=O)N[C@@H](Cc3ccc4ccccc4c3)C(=O)N[C@H](C(=O)O)Cc3ccc(cc3)OC/C=C/CO2)N(C(=O)[C@@H](NC(=O)[C@H](C)NC)C(C)(C)C)C1)C(C)C. The number of amides is 9. The molecule has 0 spiro atoms. The van der Waals surface area contributed by atoms with Crippen molar-refractivity contribution in [3.05, 3.63) is 138 Å². The topological polar surface area (TPSA) is 361 Å². The third kappa shape index (κ3) is 20.2. The van der Waals surface area contributed by atoms with E-state index >= 15 is 9.59 Å². The van der Waals surface area contributed by atoms with Gasteiger partial charge in [0.15, 0.2) is 0 Å². The van der Waals surface area contributed by atoms with Gasteiger partial charge in [0.05, 0.1) is 24.8 Å². The standard InChI is InChI=1S/C73H93N11O15/c1-41(2)61(81-63(86)42(3)74-8)69(92)84-40-53-38-59(84)68(91)79-55(35-45-20-24-47-16-10-12-18-49(47)32-45)65(88)77-54(71(94)95)28-29-60(85)76-51-37-58(83(39-51)70(93)62(73(5,6)7)82-64(87)43(4)75-9)67(90)78-56(36-46-21-25-48-17-11-13-19-50(48)33-46)66(89)80-57(72(96)97)34-44-22-26-52(27-23-44)98-30-14-15-31-99-53/h10-27,32-33,41-43,51,53-59,61-62,74-75H,28-31,34-40H2,1-9H3,(H,76,85)(H,77,88)(H,78,90)(H,79,91)(H,80,89)(H,81,86)(H,82,87)(H,94,95)(H,96,97)/b15-14+/t42-,43-,51?,53?,54-,55-,56-,57-,58?,59?,61-,62+/m0/s1. The average Bonchev–Trinajstić information content (AvgIpc) is 1.70. The maximum atomic E-state index is 15.1. The second-order valence-electron chi connectivity index (χ2n) is 27.1. The lowest BCUT2D eigenvalue weighted by Gasteiger charge is -2.36. The zero-order valence-electron chi connectivity index (χ0n) is 57.4. The first kappa shape index (κ1) is 75.0. The van der Waals surface area contributed by atoms with E-state index in [0.717, 1.165) is 21.5 Å². The fourth-order valence-corrected chi connectivity index (χ4v) is 12.3. The molecule has 6 bridgehead atoms. The van der Waals surface area contributed by atoms with Crippen LogP contribution in [0.4, 0.5) is 0 Å². The van der Waals surface area contributed by atoms with E-state index in [4.69, 9.17) is 9.47 Å². The van der Waals surface area contributed by atoms with Gasteiger partial charge in [-0.05, 0) is 109 Å². The Bertz CT molecular complexity index is 3800. The summed E-state index contributed by atoms with van der Waals surface area (Å²) in [5, 5.41) is 49.8. The average molecular weight is 1360 g/mol. The largest absolute Gasteiger partial charge is 0.490 e. The predicted octanol–water partition coefficient (Wildman–Crippen LogP) is 2.82. The van der Waals surface area contributed by atoms with E-state index in [1.54, 1.807) is 111 Å². The molecule has 0 saturated carbocycles. The van der Waals surface area contributed by atoms with Crippen LogP contribution in [0.5, 0.6) is 5.75 Å². The highest BCUT2D eigenvalue weighted by molar-refractivity contribution is 5.98. The zero-order chi connectivity index (χ0) is 71.8. The molecule has 4 unspecified atom stereocenters. The van der Waals surface area contributed by atoms with Crippen molar-refractivity contribution in [2.24, 2.45) is 11.3 Å². The molecule has 4 heterocycles. The highest BCUT2D eigenvalue weighted by Gasteiger charge is 2.48. The summed E-state index contributed by atoms with van der Waals surface area (Å²) < 4.78 is 12.2. The van der Waals surface area contributed by atoms with Crippen molar-refractivity contribution in [1.29, 1.82) is 0 Å². The van der Waals surface area contributed by atoms with E-state index in [0.29, 0.717) is 22.4 Å². The summed E-state index contributed by atoms with van der Waals surface area (Å²) in [6, 6.07) is 18.9. The van der Waals surface area contributed by atoms with E-state index in [9.17, 15) is 53.4 Å². The molecule has 11 N–H and O–H groups in total. The lowest BCUT2D eigenvalue weighted by atomic mass is 9.85. The summed E-state index contributed by atoms with van der Waals surface area (Å²) >= 11 is 0. The summed E-state index contributed by atoms with van der Waals surface area (Å²) in [6.45, 7) is 11.6. The van der Waals surface area contributed by atoms with Gasteiger partial charge in [0.25, 0.3) is 0 Å². The van der Waals surface area contributed by atoms with Gasteiger partial charge in [0.2, 0.25) is 53.2 Å². The van der Waals surface area contributed by atoms with Gasteiger partial charge in [0, 0.05) is 51.2 Å². The molecule has 2 fully saturated rings. The molecule has 26 heteroatoms. The van der Waals surface area contributed by atoms with Crippen molar-refractivity contribution in [3.63, 3.8) is 0 Å². The number of carboxylic acid groups (broad SMARTS) is 2. The van der Waals surface area contributed by atoms with E-state index < -0.39 is 162 Å². The van der Waals surface area contributed by atoms with Gasteiger partial charge in [-0.3, -0.25) is 43.2 Å². The number of likely N-dealkylation sites (N-methyl/N-ethyl adjacent to an activating group) is 2. The Morgan fingerprint density at radius 2 is 1.08 bits per heavy atom. The molecular weight excluding hydrogens is 1270 g/mol. The van der Waals surface area contributed by atoms with Gasteiger partial charge in [-0.2, -0.15) is 0 Å². The number of nitrogens with zero attached hydrogens (tertiary/aromatic N) is 2. The van der Waals surface area contributed by atoms with Crippen LogP contribution in [0.25, 0.3) is 21.5 Å². The Morgan fingerprint density at radius 1 is 0.576 bits per heavy atom. The van der Waals surface area contributed by atoms with E-state index in [1.165, 1.54) is 9.80 Å². The molecule has 530 valence electrons. The molecule has 9 rings (SSSR count). The van der Waals surface area contributed by atoms with Gasteiger partial charge < -0.3 is 77.3 Å². The van der Waals surface area contributed by atoms with Crippen LogP contribution in [0.3, 0.4) is 0 Å². The molecule has 99 heavy (non-hydrogen) atoms. The van der Waals surface area contributed by atoms with Crippen molar-refractivity contribution in [1.82, 2.24) is 57.7 Å². The fraction of sp³-hybridized carbons (Fsp3) is 0.466. The van der Waals surface area contributed by atoms with Crippen molar-refractivity contribution >= 4 is 86.6 Å². The monoisotopic (exact) mass is 1360 g/mol. The van der Waals surface area contributed by atoms with Gasteiger partial charge in [0.1, 0.15) is 60.7 Å². The number of hydrogen-bond donors (Lipinski definition) is 11. The van der Waals surface area contributed by atoms with Gasteiger partial charge in [-0.25, -0.2) is 9.59 Å². The Labute approximate surface area is 575 Å². The zero-order valence-corrected chi connectivity index (χ0v) is 57.4. The highest BCUT2D eigenvalue weighted by atomic mass is 16.5. The molecule has 4 aliphatic heterocycles. The van der Waals surface area contributed by atoms with Gasteiger partial charge >= 0.3 is 11.9 Å². The number of likely N-dealkylation sites (tertiary alicyclic amines) is 2. The van der Waals surface area contributed by atoms with Crippen molar-refractivity contribution < 1.29 is 72.4 Å². The molecule has 4 aliphatic rings. The Morgan fingerprint density at radius 3 is 1.61 bits per heavy atom. The highest BCUT2D eigenvalue weighted by Crippen LogP contribution is 2.29. The summed E-state index contributed by atoms with van der Waals surface area (Å²) in [5.74, 6) is -9.30. The number of aliphatic carboxylic acids is 2. The van der Waals surface area contributed by atoms with Crippen molar-refractivity contribution in [2.75, 3.05) is 40.4 Å². The molecule has 26 nitrogen and oxygen atoms in total. The summed E-state index contributed by atoms with van der Waals surface area (Å²) in [4.78, 5) is 159. The molecule has 0 aromatic heterocycles. The number of rotatable bonds is 15. The van der Waals surface area contributed by atoms with E-state index in [-0.39, 0.29) is 58.4 Å². The first-order valence-corrected chi connectivity index (χ1v) is 33.6. The van der Waals surface area contributed by atoms with Crippen molar-refractivity contribution in [3.8, 4) is 5.75 Å². The Kier molecular flexibility index (Phi) is 25.9. The number of carbonyl (C=O) groups excluding carboxylic acids is 9. The second-order valence-corrected chi connectivity index (χ2v) is 27.1. The molecule has 12 atom stereocenters. The molecule has 9 amide bonds. The Hall–Kier alpha value is -9.79. The number of ether oxygens (including phenoxy) is 2. The molecule has 5 aromatic carbocycles. The Balaban J connectivity index is 1.13. The number of nitrogens with one attached hydrogen (secondary N) is 9. The summed E-state index contributed by atoms with van der Waals surface area (Å²) in [7, 11) is 3.17. The fourth-order valence-electron chi connectivity index (χ4n) is 12.3. The van der Waals surface area contributed by atoms with Crippen molar-refractivity contribution in [2.45, 2.75) is 166 Å². The van der Waals surface area contributed by atoms with Crippen LogP contribution >= 0.6 is 0 Å². The molecular formula is C73H93N11O15. The lowest BCUT2D eigenvalue weighted by molar-refractivity contribution is -0.145. The maximum Gasteiger partial charge on any atom is 0.326 e. The minimum Gasteiger partial charge on any atom is -0.490 e. The predicted molar refractivity (Wildman–Crippen MR) is 369 cm³/mol. The van der Waals surface area contributed by atoms with E-state index in [2.05, 4.69) is 47.9 Å². The van der Waals surface area contributed by atoms with Crippen LogP contribution < -0.4 is 52.6 Å². The molecule has 0 aliphatic carbocycles. The maximum absolute atomic E-state index is 15.1. The first-order chi connectivity index (χ1) is 47.1. The number of carbonyl (C=O) groups is 11. The number of carboxylic acids is 2. The minimum absolute atomic E-state index is 0.0129. The number of benzene rings is 5. The van der Waals surface area contributed by atoms with Crippen LogP contribution in [0.15, 0.2) is 121 Å².